The lowest BCUT2D eigenvalue weighted by molar-refractivity contribution is -0.384. The van der Waals surface area contributed by atoms with Crippen molar-refractivity contribution < 1.29 is 14.8 Å². The van der Waals surface area contributed by atoms with Crippen LogP contribution in [0.5, 0.6) is 5.75 Å². The Kier molecular flexibility index (Phi) is 4.76. The molecule has 2 aromatic carbocycles. The molecule has 130 valence electrons. The van der Waals surface area contributed by atoms with Gasteiger partial charge in [0.1, 0.15) is 5.75 Å². The summed E-state index contributed by atoms with van der Waals surface area (Å²) in [5, 5.41) is 20.5. The van der Waals surface area contributed by atoms with E-state index in [2.05, 4.69) is 0 Å². The molecule has 8 heteroatoms. The number of halogens is 1. The van der Waals surface area contributed by atoms with Crippen molar-refractivity contribution in [2.75, 3.05) is 31.1 Å². The van der Waals surface area contributed by atoms with Crippen LogP contribution >= 0.6 is 11.6 Å². The van der Waals surface area contributed by atoms with Gasteiger partial charge in [-0.3, -0.25) is 14.9 Å². The third-order valence-corrected chi connectivity index (χ3v) is 4.47. The van der Waals surface area contributed by atoms with Crippen LogP contribution in [0.1, 0.15) is 10.4 Å². The molecule has 3 rings (SSSR count). The number of phenolic OH excluding ortho intramolecular Hbond substituents is 1. The zero-order valence-corrected chi connectivity index (χ0v) is 14.0. The van der Waals surface area contributed by atoms with Crippen LogP contribution in [0.4, 0.5) is 11.4 Å². The van der Waals surface area contributed by atoms with Crippen molar-refractivity contribution in [2.24, 2.45) is 0 Å². The van der Waals surface area contributed by atoms with E-state index in [0.29, 0.717) is 31.7 Å². The molecule has 0 saturated carbocycles. The van der Waals surface area contributed by atoms with Crippen LogP contribution in [0.25, 0.3) is 0 Å². The Morgan fingerprint density at radius 1 is 1.12 bits per heavy atom. The van der Waals surface area contributed by atoms with Gasteiger partial charge in [-0.05, 0) is 24.3 Å². The Balaban J connectivity index is 1.67. The molecule has 1 aliphatic heterocycles. The average molecular weight is 362 g/mol. The predicted octanol–water partition coefficient (Wildman–Crippen LogP) is 2.92. The van der Waals surface area contributed by atoms with Gasteiger partial charge in [-0.25, -0.2) is 0 Å². The molecule has 7 nitrogen and oxygen atoms in total. The van der Waals surface area contributed by atoms with Crippen LogP contribution in [0, 0.1) is 10.1 Å². The van der Waals surface area contributed by atoms with Crippen molar-refractivity contribution in [2.45, 2.75) is 0 Å². The largest absolute Gasteiger partial charge is 0.506 e. The van der Waals surface area contributed by atoms with Crippen LogP contribution in [-0.4, -0.2) is 47.0 Å². The van der Waals surface area contributed by atoms with E-state index in [-0.39, 0.29) is 22.4 Å². The quantitative estimate of drug-likeness (QED) is 0.671. The van der Waals surface area contributed by atoms with Crippen LogP contribution < -0.4 is 4.90 Å². The molecule has 0 unspecified atom stereocenters. The summed E-state index contributed by atoms with van der Waals surface area (Å²) >= 11 is 5.86. The van der Waals surface area contributed by atoms with E-state index in [1.807, 2.05) is 11.0 Å². The van der Waals surface area contributed by atoms with E-state index in [0.717, 1.165) is 5.69 Å². The molecule has 1 fully saturated rings. The summed E-state index contributed by atoms with van der Waals surface area (Å²) in [6, 6.07) is 10.9. The maximum absolute atomic E-state index is 12.5. The number of hydrogen-bond donors (Lipinski definition) is 1. The van der Waals surface area contributed by atoms with Gasteiger partial charge >= 0.3 is 0 Å². The van der Waals surface area contributed by atoms with Crippen LogP contribution in [0.15, 0.2) is 42.5 Å². The number of amides is 1. The predicted molar refractivity (Wildman–Crippen MR) is 94.3 cm³/mol. The number of rotatable bonds is 3. The minimum Gasteiger partial charge on any atom is -0.506 e. The second kappa shape index (κ2) is 6.98. The van der Waals surface area contributed by atoms with E-state index in [4.69, 9.17) is 11.6 Å². The Morgan fingerprint density at radius 3 is 2.48 bits per heavy atom. The molecule has 1 aliphatic rings. The van der Waals surface area contributed by atoms with Crippen LogP contribution in [0.3, 0.4) is 0 Å². The fourth-order valence-corrected chi connectivity index (χ4v) is 2.97. The van der Waals surface area contributed by atoms with E-state index in [1.54, 1.807) is 11.0 Å². The summed E-state index contributed by atoms with van der Waals surface area (Å²) in [6.45, 7) is 2.16. The number of carbonyl (C=O) groups is 1. The van der Waals surface area contributed by atoms with Gasteiger partial charge in [0, 0.05) is 49.6 Å². The number of nitro benzene ring substituents is 1. The number of aromatic hydroxyl groups is 1. The SMILES string of the molecule is O=C(c1ccc(O)c(Cl)c1)N1CCN(c2cccc([N+](=O)[O-])c2)CC1. The number of nitrogens with zero attached hydrogens (tertiary/aromatic N) is 3. The Bertz CT molecular complexity index is 819. The number of carbonyl (C=O) groups excluding carboxylic acids is 1. The molecule has 0 spiro atoms. The molecule has 0 bridgehead atoms. The number of benzene rings is 2. The molecule has 2 aromatic rings. The number of nitro groups is 1. The van der Waals surface area contributed by atoms with Crippen molar-refractivity contribution in [3.63, 3.8) is 0 Å². The molecular weight excluding hydrogens is 346 g/mol. The normalized spacial score (nSPS) is 14.4. The number of phenols is 1. The average Bonchev–Trinajstić information content (AvgIpc) is 2.63. The molecule has 1 N–H and O–H groups in total. The summed E-state index contributed by atoms with van der Waals surface area (Å²) in [7, 11) is 0. The summed E-state index contributed by atoms with van der Waals surface area (Å²) in [4.78, 5) is 26.7. The first kappa shape index (κ1) is 17.0. The van der Waals surface area contributed by atoms with Gasteiger partial charge in [-0.2, -0.15) is 0 Å². The fraction of sp³-hybridized carbons (Fsp3) is 0.235. The molecule has 0 aromatic heterocycles. The van der Waals surface area contributed by atoms with Gasteiger partial charge in [0.05, 0.1) is 9.95 Å². The van der Waals surface area contributed by atoms with E-state index in [9.17, 15) is 20.0 Å². The van der Waals surface area contributed by atoms with Crippen molar-refractivity contribution in [1.29, 1.82) is 0 Å². The zero-order valence-electron chi connectivity index (χ0n) is 13.3. The molecule has 0 aliphatic carbocycles. The third-order valence-electron chi connectivity index (χ3n) is 4.17. The summed E-state index contributed by atoms with van der Waals surface area (Å²) in [6.07, 6.45) is 0. The van der Waals surface area contributed by atoms with E-state index < -0.39 is 4.92 Å². The third kappa shape index (κ3) is 3.66. The highest BCUT2D eigenvalue weighted by Crippen LogP contribution is 2.25. The minimum atomic E-state index is -0.419. The second-order valence-electron chi connectivity index (χ2n) is 5.72. The smallest absolute Gasteiger partial charge is 0.271 e. The molecule has 0 atom stereocenters. The van der Waals surface area contributed by atoms with E-state index >= 15 is 0 Å². The molecular formula is C17H16ClN3O4. The molecule has 1 amide bonds. The maximum Gasteiger partial charge on any atom is 0.271 e. The first-order chi connectivity index (χ1) is 12.0. The summed E-state index contributed by atoms with van der Waals surface area (Å²) in [5.41, 5.74) is 1.25. The number of hydrogen-bond acceptors (Lipinski definition) is 5. The lowest BCUT2D eigenvalue weighted by atomic mass is 10.1. The first-order valence-electron chi connectivity index (χ1n) is 7.73. The number of non-ortho nitro benzene ring substituents is 1. The zero-order chi connectivity index (χ0) is 18.0. The van der Waals surface area contributed by atoms with Crippen LogP contribution in [-0.2, 0) is 0 Å². The van der Waals surface area contributed by atoms with Gasteiger partial charge < -0.3 is 14.9 Å². The monoisotopic (exact) mass is 361 g/mol. The maximum atomic E-state index is 12.5. The van der Waals surface area contributed by atoms with Crippen LogP contribution in [0.2, 0.25) is 5.02 Å². The molecule has 1 heterocycles. The first-order valence-corrected chi connectivity index (χ1v) is 8.10. The second-order valence-corrected chi connectivity index (χ2v) is 6.13. The topological polar surface area (TPSA) is 86.9 Å². The van der Waals surface area contributed by atoms with Crippen molar-refractivity contribution in [3.8, 4) is 5.75 Å². The summed E-state index contributed by atoms with van der Waals surface area (Å²) < 4.78 is 0. The molecule has 1 saturated heterocycles. The lowest BCUT2D eigenvalue weighted by Crippen LogP contribution is -2.48. The fourth-order valence-electron chi connectivity index (χ4n) is 2.79. The highest BCUT2D eigenvalue weighted by atomic mass is 35.5. The number of piperazine rings is 1. The van der Waals surface area contributed by atoms with E-state index in [1.165, 1.54) is 30.3 Å². The Labute approximate surface area is 149 Å². The van der Waals surface area contributed by atoms with Crippen molar-refractivity contribution >= 4 is 28.9 Å². The standard InChI is InChI=1S/C17H16ClN3O4/c18-15-10-12(4-5-16(15)22)17(23)20-8-6-19(7-9-20)13-2-1-3-14(11-13)21(24)25/h1-5,10-11,22H,6-9H2. The van der Waals surface area contributed by atoms with Gasteiger partial charge in [0.15, 0.2) is 0 Å². The minimum absolute atomic E-state index is 0.0507. The number of anilines is 1. The van der Waals surface area contributed by atoms with Gasteiger partial charge in [-0.15, -0.1) is 0 Å². The van der Waals surface area contributed by atoms with Gasteiger partial charge in [0.2, 0.25) is 0 Å². The highest BCUT2D eigenvalue weighted by molar-refractivity contribution is 6.32. The van der Waals surface area contributed by atoms with Gasteiger partial charge in [-0.1, -0.05) is 17.7 Å². The summed E-state index contributed by atoms with van der Waals surface area (Å²) in [5.74, 6) is -0.214. The Hall–Kier alpha value is -2.80. The van der Waals surface area contributed by atoms with Crippen molar-refractivity contribution in [3.05, 3.63) is 63.2 Å². The van der Waals surface area contributed by atoms with Crippen molar-refractivity contribution in [1.82, 2.24) is 4.90 Å². The lowest BCUT2D eigenvalue weighted by Gasteiger charge is -2.36. The Morgan fingerprint density at radius 2 is 1.84 bits per heavy atom. The van der Waals surface area contributed by atoms with Gasteiger partial charge in [0.25, 0.3) is 11.6 Å². The molecule has 0 radical (unpaired) electrons. The molecule has 25 heavy (non-hydrogen) atoms. The highest BCUT2D eigenvalue weighted by Gasteiger charge is 2.23.